The lowest BCUT2D eigenvalue weighted by Crippen LogP contribution is -2.20. The first-order valence-electron chi connectivity index (χ1n) is 16.9. The number of rotatable bonds is 12. The van der Waals surface area contributed by atoms with Crippen LogP contribution in [0.2, 0.25) is 0 Å². The van der Waals surface area contributed by atoms with Gasteiger partial charge in [0.05, 0.1) is 13.2 Å². The lowest BCUT2D eigenvalue weighted by molar-refractivity contribution is -0.110. The summed E-state index contributed by atoms with van der Waals surface area (Å²) in [6.45, 7) is 12.1. The molecule has 0 bridgehead atoms. The molecule has 1 aromatic carbocycles. The fourth-order valence-corrected chi connectivity index (χ4v) is 6.33. The highest BCUT2D eigenvalue weighted by molar-refractivity contribution is 6.31. The van der Waals surface area contributed by atoms with Crippen LogP contribution in [0, 0.1) is 5.92 Å². The number of aromatic nitrogens is 1. The van der Waals surface area contributed by atoms with Gasteiger partial charge in [0, 0.05) is 54.1 Å². The molecule has 4 rings (SSSR count). The molecule has 0 fully saturated rings. The number of methoxy groups -OCH3 is 1. The molecule has 4 atom stereocenters. The molecule has 2 heterocycles. The van der Waals surface area contributed by atoms with Crippen LogP contribution in [0.1, 0.15) is 120 Å². The molecular weight excluding hydrogens is 598 g/mol. The number of ether oxygens (including phenoxy) is 1. The van der Waals surface area contributed by atoms with Crippen LogP contribution in [-0.4, -0.2) is 38.1 Å². The quantitative estimate of drug-likeness (QED) is 0.177. The summed E-state index contributed by atoms with van der Waals surface area (Å²) in [7, 11) is 3.32. The van der Waals surface area contributed by atoms with Crippen LogP contribution in [0.3, 0.4) is 0 Å². The standard InChI is InChI=1S/C23H28ClN3O.C9H20.C3H7NO.C2H5NO/c1-3-14-5-4-6-17(23(14)28-2)18-12-20(26)22-10-8-16(13-25)27(22)21-9-7-15(24)11-19(18)21;1-4-6-8-9(3)7-5-2;1-2-4-3-5;1-3-2-4/h4-8,10-11,18,20-21H,3,9,12-13,25-26H2,1-2H3;9H,4-8H2,1-3H3;3H,2H2,1H3,(H,4,5);2H,1H3,(H,3,4). The normalized spacial score (nSPS) is 18.4. The van der Waals surface area contributed by atoms with Gasteiger partial charge in [-0.3, -0.25) is 9.59 Å². The van der Waals surface area contributed by atoms with Crippen molar-refractivity contribution in [1.29, 1.82) is 0 Å². The fourth-order valence-electron chi connectivity index (χ4n) is 6.12. The number of hydrogen-bond donors (Lipinski definition) is 4. The van der Waals surface area contributed by atoms with Gasteiger partial charge in [-0.1, -0.05) is 95.7 Å². The summed E-state index contributed by atoms with van der Waals surface area (Å²) < 4.78 is 8.20. The number of carbonyl (C=O) groups is 2. The van der Waals surface area contributed by atoms with E-state index in [0.717, 1.165) is 53.9 Å². The molecule has 9 heteroatoms. The number of benzene rings is 1. The lowest BCUT2D eigenvalue weighted by atomic mass is 9.79. The fraction of sp³-hybridized carbons (Fsp3) is 0.568. The minimum absolute atomic E-state index is 0.0782. The number of fused-ring (bicyclic) bond motifs is 3. The average molecular weight is 658 g/mol. The summed E-state index contributed by atoms with van der Waals surface area (Å²) in [5.74, 6) is 2.09. The van der Waals surface area contributed by atoms with Crippen LogP contribution >= 0.6 is 11.6 Å². The SMILES string of the molecule is CCCCC(C)CCC.CCNC=O.CCc1cccc(C2CC(N)c3ccc(CN)n3C3CC=C(Cl)C=C23)c1OC.CNC=O. The summed E-state index contributed by atoms with van der Waals surface area (Å²) in [5.41, 5.74) is 18.7. The number of nitrogens with one attached hydrogen (secondary N) is 2. The molecular formula is C37H60ClN5O3. The molecule has 8 nitrogen and oxygen atoms in total. The molecule has 0 saturated heterocycles. The monoisotopic (exact) mass is 657 g/mol. The highest BCUT2D eigenvalue weighted by Gasteiger charge is 2.36. The minimum Gasteiger partial charge on any atom is -0.496 e. The van der Waals surface area contributed by atoms with E-state index in [1.165, 1.54) is 48.8 Å². The van der Waals surface area contributed by atoms with E-state index in [4.69, 9.17) is 32.6 Å². The number of hydrogen-bond acceptors (Lipinski definition) is 5. The number of unbranched alkanes of at least 4 members (excludes halogenated alkanes) is 1. The van der Waals surface area contributed by atoms with E-state index in [0.29, 0.717) is 19.4 Å². The topological polar surface area (TPSA) is 124 Å². The predicted molar refractivity (Wildman–Crippen MR) is 193 cm³/mol. The smallest absolute Gasteiger partial charge is 0.207 e. The summed E-state index contributed by atoms with van der Waals surface area (Å²) in [6.07, 6.45) is 15.1. The molecule has 0 spiro atoms. The minimum atomic E-state index is -0.0782. The number of carbonyl (C=O) groups excluding carboxylic acids is 2. The summed E-state index contributed by atoms with van der Waals surface area (Å²) in [6, 6.07) is 10.8. The van der Waals surface area contributed by atoms with Crippen molar-refractivity contribution in [2.75, 3.05) is 20.7 Å². The highest BCUT2D eigenvalue weighted by atomic mass is 35.5. The van der Waals surface area contributed by atoms with E-state index in [1.807, 2.05) is 6.92 Å². The Balaban J connectivity index is 0.000000485. The lowest BCUT2D eigenvalue weighted by Gasteiger charge is -2.31. The number of para-hydroxylation sites is 1. The second kappa shape index (κ2) is 23.3. The van der Waals surface area contributed by atoms with Crippen LogP contribution in [0.4, 0.5) is 0 Å². The molecule has 1 aliphatic carbocycles. The van der Waals surface area contributed by atoms with E-state index < -0.39 is 0 Å². The van der Waals surface area contributed by atoms with Gasteiger partial charge < -0.3 is 31.4 Å². The summed E-state index contributed by atoms with van der Waals surface area (Å²) >= 11 is 6.47. The van der Waals surface area contributed by atoms with E-state index in [-0.39, 0.29) is 18.0 Å². The van der Waals surface area contributed by atoms with E-state index >= 15 is 0 Å². The second-order valence-corrected chi connectivity index (χ2v) is 12.2. The zero-order valence-corrected chi connectivity index (χ0v) is 30.0. The highest BCUT2D eigenvalue weighted by Crippen LogP contribution is 2.49. The van der Waals surface area contributed by atoms with Crippen molar-refractivity contribution in [2.45, 2.75) is 111 Å². The Morgan fingerprint density at radius 1 is 1.09 bits per heavy atom. The van der Waals surface area contributed by atoms with Gasteiger partial charge in [-0.25, -0.2) is 0 Å². The van der Waals surface area contributed by atoms with Crippen molar-refractivity contribution in [3.05, 3.63) is 75.6 Å². The Bertz CT molecular complexity index is 1230. The largest absolute Gasteiger partial charge is 0.496 e. The summed E-state index contributed by atoms with van der Waals surface area (Å²) in [5, 5.41) is 5.47. The Labute approximate surface area is 283 Å². The maximum Gasteiger partial charge on any atom is 0.207 e. The van der Waals surface area contributed by atoms with Crippen molar-refractivity contribution in [3.63, 3.8) is 0 Å². The number of nitrogens with two attached hydrogens (primary N) is 2. The number of aryl methyl sites for hydroxylation is 1. The number of nitrogens with zero attached hydrogens (tertiary/aromatic N) is 1. The maximum absolute atomic E-state index is 9.29. The van der Waals surface area contributed by atoms with Crippen molar-refractivity contribution in [1.82, 2.24) is 15.2 Å². The molecule has 0 radical (unpaired) electrons. The van der Waals surface area contributed by atoms with Gasteiger partial charge in [0.1, 0.15) is 5.75 Å². The molecule has 2 aliphatic rings. The zero-order chi connectivity index (χ0) is 34.5. The van der Waals surface area contributed by atoms with Gasteiger partial charge in [0.15, 0.2) is 0 Å². The van der Waals surface area contributed by atoms with Crippen molar-refractivity contribution < 1.29 is 14.3 Å². The molecule has 2 aromatic rings. The van der Waals surface area contributed by atoms with Crippen molar-refractivity contribution in [2.24, 2.45) is 17.4 Å². The first-order chi connectivity index (χ1) is 22.2. The third-order valence-corrected chi connectivity index (χ3v) is 8.64. The third kappa shape index (κ3) is 12.3. The molecule has 2 amide bonds. The molecule has 4 unspecified atom stereocenters. The third-order valence-electron chi connectivity index (χ3n) is 8.38. The van der Waals surface area contributed by atoms with Gasteiger partial charge in [0.25, 0.3) is 0 Å². The number of halogens is 1. The van der Waals surface area contributed by atoms with Gasteiger partial charge in [-0.15, -0.1) is 0 Å². The van der Waals surface area contributed by atoms with Gasteiger partial charge in [-0.2, -0.15) is 0 Å². The van der Waals surface area contributed by atoms with Crippen LogP contribution in [0.15, 0.2) is 53.1 Å². The molecule has 1 aliphatic heterocycles. The van der Waals surface area contributed by atoms with Gasteiger partial charge in [0.2, 0.25) is 12.8 Å². The Kier molecular flexibility index (Phi) is 20.7. The number of amides is 2. The molecule has 6 N–H and O–H groups in total. The van der Waals surface area contributed by atoms with Crippen molar-refractivity contribution in [3.8, 4) is 5.75 Å². The Morgan fingerprint density at radius 2 is 1.80 bits per heavy atom. The molecule has 46 heavy (non-hydrogen) atoms. The predicted octanol–water partition coefficient (Wildman–Crippen LogP) is 7.43. The molecule has 1 aromatic heterocycles. The van der Waals surface area contributed by atoms with Crippen LogP contribution < -0.4 is 26.8 Å². The summed E-state index contributed by atoms with van der Waals surface area (Å²) in [4.78, 5) is 18.4. The maximum atomic E-state index is 9.29. The van der Waals surface area contributed by atoms with Crippen LogP contribution in [0.5, 0.6) is 5.75 Å². The number of allylic oxidation sites excluding steroid dienone is 4. The van der Waals surface area contributed by atoms with Crippen LogP contribution in [0.25, 0.3) is 0 Å². The van der Waals surface area contributed by atoms with Crippen molar-refractivity contribution >= 4 is 24.4 Å². The van der Waals surface area contributed by atoms with E-state index in [2.05, 4.69) is 85.4 Å². The van der Waals surface area contributed by atoms with Crippen LogP contribution in [-0.2, 0) is 22.6 Å². The Hall–Kier alpha value is -3.07. The average Bonchev–Trinajstić information content (AvgIpc) is 3.46. The first-order valence-corrected chi connectivity index (χ1v) is 17.3. The second-order valence-electron chi connectivity index (χ2n) is 11.7. The molecule has 258 valence electrons. The molecule has 0 saturated carbocycles. The first kappa shape index (κ1) is 41.0. The van der Waals surface area contributed by atoms with Gasteiger partial charge in [-0.05, 0) is 61.4 Å². The Morgan fingerprint density at radius 3 is 2.33 bits per heavy atom. The zero-order valence-electron chi connectivity index (χ0n) is 29.3. The van der Waals surface area contributed by atoms with E-state index in [9.17, 15) is 4.79 Å². The van der Waals surface area contributed by atoms with Gasteiger partial charge >= 0.3 is 0 Å². The van der Waals surface area contributed by atoms with E-state index in [1.54, 1.807) is 14.2 Å².